The summed E-state index contributed by atoms with van der Waals surface area (Å²) >= 11 is 12.0. The number of hydrogen-bond donors (Lipinski definition) is 1. The molecule has 0 saturated carbocycles. The predicted molar refractivity (Wildman–Crippen MR) is 147 cm³/mol. The number of aromatic nitrogens is 2. The van der Waals surface area contributed by atoms with E-state index in [1.54, 1.807) is 36.7 Å². The molecule has 0 bridgehead atoms. The van der Waals surface area contributed by atoms with E-state index in [0.29, 0.717) is 59.1 Å². The van der Waals surface area contributed by atoms with Gasteiger partial charge in [-0.1, -0.05) is 36.2 Å². The molecule has 7 nitrogen and oxygen atoms in total. The molecule has 0 unspecified atom stereocenters. The van der Waals surface area contributed by atoms with E-state index < -0.39 is 11.7 Å². The van der Waals surface area contributed by atoms with Gasteiger partial charge in [-0.15, -0.1) is 0 Å². The molecule has 1 saturated heterocycles. The van der Waals surface area contributed by atoms with Gasteiger partial charge in [0.25, 0.3) is 11.8 Å². The van der Waals surface area contributed by atoms with Crippen LogP contribution in [0.4, 0.5) is 4.39 Å². The Morgan fingerprint density at radius 2 is 1.84 bits per heavy atom. The second-order valence-electron chi connectivity index (χ2n) is 9.41. The molecule has 10 heteroatoms. The Labute approximate surface area is 232 Å². The summed E-state index contributed by atoms with van der Waals surface area (Å²) in [6, 6.07) is 9.70. The molecule has 1 aliphatic heterocycles. The SMILES string of the molecule is CCCNC(=O)c1ccc(-c2cnc(CN(C)C3CCN(C(=O)c4ccc(Cl)c(Cl)c4)CC3)cn2)cc1F. The number of piperidine rings is 1. The first-order valence-electron chi connectivity index (χ1n) is 12.6. The number of nitrogens with zero attached hydrogens (tertiary/aromatic N) is 4. The van der Waals surface area contributed by atoms with Crippen molar-refractivity contribution in [1.82, 2.24) is 25.1 Å². The van der Waals surface area contributed by atoms with Crippen LogP contribution in [0.3, 0.4) is 0 Å². The van der Waals surface area contributed by atoms with Crippen LogP contribution in [0.5, 0.6) is 0 Å². The highest BCUT2D eigenvalue weighted by Crippen LogP contribution is 2.25. The van der Waals surface area contributed by atoms with Gasteiger partial charge in [0.05, 0.1) is 39.4 Å². The van der Waals surface area contributed by atoms with Crippen molar-refractivity contribution in [1.29, 1.82) is 0 Å². The summed E-state index contributed by atoms with van der Waals surface area (Å²) in [4.78, 5) is 38.0. The minimum atomic E-state index is -0.592. The van der Waals surface area contributed by atoms with Crippen molar-refractivity contribution < 1.29 is 14.0 Å². The van der Waals surface area contributed by atoms with E-state index >= 15 is 0 Å². The van der Waals surface area contributed by atoms with E-state index in [4.69, 9.17) is 23.2 Å². The standard InChI is InChI=1S/C28H30Cl2FN5O2/c1-3-10-32-27(37)22-6-4-18(14-25(22)31)26-16-33-20(15-34-26)17-35(2)21-8-11-36(12-9-21)28(38)19-5-7-23(29)24(30)13-19/h4-7,13-16,21H,3,8-12,17H2,1-2H3,(H,32,37). The van der Waals surface area contributed by atoms with Gasteiger partial charge in [0.15, 0.2) is 0 Å². The van der Waals surface area contributed by atoms with Crippen LogP contribution >= 0.6 is 23.2 Å². The fourth-order valence-corrected chi connectivity index (χ4v) is 4.78. The summed E-state index contributed by atoms with van der Waals surface area (Å²) in [7, 11) is 2.04. The quantitative estimate of drug-likeness (QED) is 0.397. The topological polar surface area (TPSA) is 78.4 Å². The highest BCUT2D eigenvalue weighted by atomic mass is 35.5. The Balaban J connectivity index is 1.31. The molecule has 0 aliphatic carbocycles. The van der Waals surface area contributed by atoms with Gasteiger partial charge in [-0.2, -0.15) is 0 Å². The van der Waals surface area contributed by atoms with E-state index in [-0.39, 0.29) is 11.5 Å². The minimum absolute atomic E-state index is 0.0121. The predicted octanol–water partition coefficient (Wildman–Crippen LogP) is 5.47. The van der Waals surface area contributed by atoms with E-state index in [9.17, 15) is 14.0 Å². The lowest BCUT2D eigenvalue weighted by atomic mass is 10.0. The van der Waals surface area contributed by atoms with Crippen LogP contribution in [0.15, 0.2) is 48.8 Å². The van der Waals surface area contributed by atoms with Crippen molar-refractivity contribution >= 4 is 35.0 Å². The number of rotatable bonds is 8. The zero-order valence-corrected chi connectivity index (χ0v) is 22.9. The molecule has 0 radical (unpaired) electrons. The smallest absolute Gasteiger partial charge is 0.254 e. The highest BCUT2D eigenvalue weighted by Gasteiger charge is 2.26. The van der Waals surface area contributed by atoms with Gasteiger partial charge in [-0.3, -0.25) is 24.5 Å². The first-order valence-corrected chi connectivity index (χ1v) is 13.4. The molecule has 0 spiro atoms. The van der Waals surface area contributed by atoms with Crippen LogP contribution in [0, 0.1) is 5.82 Å². The molecule has 1 fully saturated rings. The van der Waals surface area contributed by atoms with Gasteiger partial charge >= 0.3 is 0 Å². The van der Waals surface area contributed by atoms with Gasteiger partial charge in [-0.25, -0.2) is 4.39 Å². The number of nitrogens with one attached hydrogen (secondary N) is 1. The van der Waals surface area contributed by atoms with Gasteiger partial charge in [0, 0.05) is 43.3 Å². The van der Waals surface area contributed by atoms with E-state index in [0.717, 1.165) is 25.0 Å². The van der Waals surface area contributed by atoms with Crippen LogP contribution in [0.25, 0.3) is 11.3 Å². The van der Waals surface area contributed by atoms with Crippen LogP contribution < -0.4 is 5.32 Å². The first-order chi connectivity index (χ1) is 18.3. The van der Waals surface area contributed by atoms with Crippen molar-refractivity contribution in [3.05, 3.63) is 81.5 Å². The molecule has 2 heterocycles. The number of carbonyl (C=O) groups excluding carboxylic acids is 2. The third-order valence-electron chi connectivity index (χ3n) is 6.70. The lowest BCUT2D eigenvalue weighted by Gasteiger charge is -2.36. The largest absolute Gasteiger partial charge is 0.352 e. The summed E-state index contributed by atoms with van der Waals surface area (Å²) in [6.45, 7) is 4.33. The fraction of sp³-hybridized carbons (Fsp3) is 0.357. The molecular formula is C28H30Cl2FN5O2. The average molecular weight is 558 g/mol. The fourth-order valence-electron chi connectivity index (χ4n) is 4.48. The van der Waals surface area contributed by atoms with Crippen molar-refractivity contribution in [3.63, 3.8) is 0 Å². The van der Waals surface area contributed by atoms with E-state index in [1.165, 1.54) is 12.1 Å². The molecule has 2 amide bonds. The molecular weight excluding hydrogens is 528 g/mol. The third kappa shape index (κ3) is 6.67. The van der Waals surface area contributed by atoms with Crippen LogP contribution in [-0.4, -0.2) is 64.3 Å². The molecule has 2 aromatic carbocycles. The first kappa shape index (κ1) is 28.0. The monoisotopic (exact) mass is 557 g/mol. The van der Waals surface area contributed by atoms with Gasteiger partial charge < -0.3 is 10.2 Å². The third-order valence-corrected chi connectivity index (χ3v) is 7.44. The molecule has 38 heavy (non-hydrogen) atoms. The van der Waals surface area contributed by atoms with Crippen LogP contribution in [-0.2, 0) is 6.54 Å². The number of hydrogen-bond acceptors (Lipinski definition) is 5. The maximum Gasteiger partial charge on any atom is 0.254 e. The zero-order chi connectivity index (χ0) is 27.2. The summed E-state index contributed by atoms with van der Waals surface area (Å²) < 4.78 is 14.5. The van der Waals surface area contributed by atoms with Gasteiger partial charge in [0.2, 0.25) is 0 Å². The summed E-state index contributed by atoms with van der Waals surface area (Å²) in [6.07, 6.45) is 5.77. The van der Waals surface area contributed by atoms with Crippen LogP contribution in [0.2, 0.25) is 10.0 Å². The summed E-state index contributed by atoms with van der Waals surface area (Å²) in [5.74, 6) is -1.06. The Kier molecular flexibility index (Phi) is 9.31. The van der Waals surface area contributed by atoms with Crippen LogP contribution in [0.1, 0.15) is 52.6 Å². The molecule has 1 aliphatic rings. The molecule has 1 N–H and O–H groups in total. The van der Waals surface area contributed by atoms with Crippen molar-refractivity contribution in [3.8, 4) is 11.3 Å². The average Bonchev–Trinajstić information content (AvgIpc) is 2.93. The highest BCUT2D eigenvalue weighted by molar-refractivity contribution is 6.42. The maximum atomic E-state index is 14.5. The lowest BCUT2D eigenvalue weighted by molar-refractivity contribution is 0.0638. The zero-order valence-electron chi connectivity index (χ0n) is 21.4. The second-order valence-corrected chi connectivity index (χ2v) is 10.2. The number of carbonyl (C=O) groups is 2. The number of likely N-dealkylation sites (tertiary alicyclic amines) is 1. The second kappa shape index (κ2) is 12.7. The summed E-state index contributed by atoms with van der Waals surface area (Å²) in [5, 5.41) is 3.48. The normalized spacial score (nSPS) is 14.1. The van der Waals surface area contributed by atoms with E-state index in [2.05, 4.69) is 20.2 Å². The molecule has 3 aromatic rings. The Hall–Kier alpha value is -3.07. The molecule has 0 atom stereocenters. The van der Waals surface area contributed by atoms with Crippen molar-refractivity contribution in [2.24, 2.45) is 0 Å². The van der Waals surface area contributed by atoms with Crippen molar-refractivity contribution in [2.45, 2.75) is 38.8 Å². The van der Waals surface area contributed by atoms with Gasteiger partial charge in [-0.05, 0) is 56.6 Å². The van der Waals surface area contributed by atoms with Crippen molar-refractivity contribution in [2.75, 3.05) is 26.7 Å². The number of halogens is 3. The lowest BCUT2D eigenvalue weighted by Crippen LogP contribution is -2.45. The van der Waals surface area contributed by atoms with Gasteiger partial charge in [0.1, 0.15) is 5.82 Å². The molecule has 200 valence electrons. The Bertz CT molecular complexity index is 1300. The summed E-state index contributed by atoms with van der Waals surface area (Å²) in [5.41, 5.74) is 2.43. The Morgan fingerprint density at radius 1 is 1.08 bits per heavy atom. The minimum Gasteiger partial charge on any atom is -0.352 e. The number of amides is 2. The Morgan fingerprint density at radius 3 is 2.47 bits per heavy atom. The number of benzene rings is 2. The maximum absolute atomic E-state index is 14.5. The molecule has 1 aromatic heterocycles. The van der Waals surface area contributed by atoms with E-state index in [1.807, 2.05) is 18.9 Å². The molecule has 4 rings (SSSR count).